The van der Waals surface area contributed by atoms with Crippen LogP contribution in [0.1, 0.15) is 23.2 Å². The van der Waals surface area contributed by atoms with Crippen molar-refractivity contribution in [1.29, 1.82) is 0 Å². The molecule has 9 heterocycles. The first-order chi connectivity index (χ1) is 46.3. The van der Waals surface area contributed by atoms with Gasteiger partial charge in [0, 0.05) is 132 Å². The molecule has 0 unspecified atom stereocenters. The molecule has 15 heteroatoms. The van der Waals surface area contributed by atoms with E-state index in [1.165, 1.54) is 0 Å². The van der Waals surface area contributed by atoms with Crippen molar-refractivity contribution in [2.75, 3.05) is 0 Å². The number of aryl methyl sites for hydroxylation is 4. The second-order valence-corrected chi connectivity index (χ2v) is 20.5. The quantitative estimate of drug-likeness (QED) is 0.126. The van der Waals surface area contributed by atoms with Crippen LogP contribution in [0.2, 0.25) is 0 Å². The van der Waals surface area contributed by atoms with Crippen LogP contribution in [-0.2, 0) is 60.3 Å². The van der Waals surface area contributed by atoms with Crippen LogP contribution in [0.25, 0.3) is 101 Å². The summed E-state index contributed by atoms with van der Waals surface area (Å²) in [5.74, 6) is 2.89. The van der Waals surface area contributed by atoms with Gasteiger partial charge in [0.1, 0.15) is 17.5 Å². The van der Waals surface area contributed by atoms with Crippen molar-refractivity contribution in [3.63, 3.8) is 0 Å². The second-order valence-electron chi connectivity index (χ2n) is 20.5. The van der Waals surface area contributed by atoms with Crippen molar-refractivity contribution in [1.82, 2.24) is 59.8 Å². The van der Waals surface area contributed by atoms with Crippen molar-refractivity contribution in [3.8, 4) is 101 Å². The van der Waals surface area contributed by atoms with E-state index in [2.05, 4.69) is 96.2 Å². The third-order valence-corrected chi connectivity index (χ3v) is 13.6. The minimum Gasteiger partial charge on any atom is -0.305 e. The van der Waals surface area contributed by atoms with Gasteiger partial charge < -0.3 is 29.9 Å². The summed E-state index contributed by atoms with van der Waals surface area (Å²) in [6.07, 6.45) is 14.4. The molecule has 15 aromatic rings. The molecule has 0 bridgehead atoms. The number of rotatable bonds is 9. The van der Waals surface area contributed by atoms with Gasteiger partial charge in [-0.15, -0.1) is 215 Å². The third-order valence-electron chi connectivity index (χ3n) is 13.6. The molecular weight excluding hydrogens is 1730 g/mol. The number of pyridine rings is 7. The van der Waals surface area contributed by atoms with E-state index < -0.39 is 0 Å². The Morgan fingerprint density at radius 1 is 0.227 bits per heavy atom. The van der Waals surface area contributed by atoms with Crippen LogP contribution < -0.4 is 0 Å². The van der Waals surface area contributed by atoms with Crippen molar-refractivity contribution < 1.29 is 60.3 Å². The van der Waals surface area contributed by atoms with Crippen molar-refractivity contribution in [2.45, 2.75) is 27.7 Å². The van der Waals surface area contributed by atoms with Gasteiger partial charge in [0.05, 0.1) is 5.69 Å². The summed E-state index contributed by atoms with van der Waals surface area (Å²) < 4.78 is 0. The molecule has 0 saturated carbocycles. The molecule has 0 N–H and O–H groups in total. The standard InChI is InChI=1S/C17H13N2.C16H13N4.C16H12N3.3C11H8N.3Ir/c1-13-6-5-9-17(19-13)15-10-11-16(18-12-15)14-7-3-2-4-8-14;1-11-18-12(2)20-16(19-11)14-8-9-17-15(10-14)13-6-4-3-5-7-13;1-12-18-10-15(11-19-12)14-7-8-17-16(9-14)13-5-3-2-4-6-13;3*1-2-6-10(7-3-1)11-8-4-5-9-12-11;;;/h2-7,9-12H,1H3;3-6,8-10H,1-2H3;2-5,7-11H,1H3;3*1-6,8-9H;;;/q6*-1;;;. The maximum atomic E-state index is 4.50. The van der Waals surface area contributed by atoms with E-state index in [4.69, 9.17) is 0 Å². The predicted molar refractivity (Wildman–Crippen MR) is 373 cm³/mol. The van der Waals surface area contributed by atoms with E-state index in [1.54, 1.807) is 31.0 Å². The Balaban J connectivity index is 0.000000165. The number of hydrogen-bond acceptors (Lipinski definition) is 12. The minimum atomic E-state index is 0. The molecule has 9 aromatic heterocycles. The Bertz CT molecular complexity index is 4350. The zero-order chi connectivity index (χ0) is 64.8. The van der Waals surface area contributed by atoms with Crippen molar-refractivity contribution in [3.05, 3.63) is 364 Å². The SMILES string of the molecule is Cc1cccc(-c2ccc(-c3[c-]cccc3)nc2)n1.Cc1nc(C)nc(-c2ccnc(-c3[c-]cccc3)c2)n1.Cc1ncc(-c2ccnc(-c3[c-]cccc3)c2)cn1.[Ir].[Ir].[Ir].[c-]1ccccc1-c1ccccn1.[c-]1ccccc1-c1ccccn1.[c-]1ccccc1-c1ccccn1. The Morgan fingerprint density at radius 3 is 0.938 bits per heavy atom. The van der Waals surface area contributed by atoms with Gasteiger partial charge in [-0.2, -0.15) is 0 Å². The summed E-state index contributed by atoms with van der Waals surface area (Å²) in [6, 6.07) is 101. The van der Waals surface area contributed by atoms with Crippen LogP contribution in [0, 0.1) is 64.1 Å². The van der Waals surface area contributed by atoms with E-state index in [0.717, 1.165) is 119 Å². The van der Waals surface area contributed by atoms with E-state index in [9.17, 15) is 0 Å². The maximum absolute atomic E-state index is 4.50. The van der Waals surface area contributed by atoms with Crippen LogP contribution in [0.3, 0.4) is 0 Å². The summed E-state index contributed by atoms with van der Waals surface area (Å²) >= 11 is 0. The molecule has 6 aromatic carbocycles. The third kappa shape index (κ3) is 23.4. The molecule has 15 rings (SSSR count). The molecule has 0 atom stereocenters. The predicted octanol–water partition coefficient (Wildman–Crippen LogP) is 17.9. The fraction of sp³-hybridized carbons (Fsp3) is 0.0488. The monoisotopic (exact) mass is 1790 g/mol. The van der Waals surface area contributed by atoms with Gasteiger partial charge in [0.15, 0.2) is 5.82 Å². The summed E-state index contributed by atoms with van der Waals surface area (Å²) in [7, 11) is 0. The number of aromatic nitrogens is 12. The van der Waals surface area contributed by atoms with Crippen LogP contribution in [0.4, 0.5) is 0 Å². The minimum absolute atomic E-state index is 0. The molecular formula is C82H62Ir3N12-6. The van der Waals surface area contributed by atoms with Crippen LogP contribution >= 0.6 is 0 Å². The summed E-state index contributed by atoms with van der Waals surface area (Å²) in [5.41, 5.74) is 17.6. The van der Waals surface area contributed by atoms with Crippen LogP contribution in [-0.4, -0.2) is 59.8 Å². The first-order valence-corrected chi connectivity index (χ1v) is 30.1. The first-order valence-electron chi connectivity index (χ1n) is 30.1. The molecule has 0 aliphatic carbocycles. The smallest absolute Gasteiger partial charge is 0.162 e. The molecule has 3 radical (unpaired) electrons. The molecule has 0 fully saturated rings. The molecule has 0 spiro atoms. The number of hydrogen-bond donors (Lipinski definition) is 0. The fourth-order valence-electron chi connectivity index (χ4n) is 9.05. The van der Waals surface area contributed by atoms with E-state index in [-0.39, 0.29) is 60.3 Å². The Kier molecular flexibility index (Phi) is 30.4. The van der Waals surface area contributed by atoms with Gasteiger partial charge in [0.2, 0.25) is 0 Å². The molecule has 0 amide bonds. The molecule has 12 nitrogen and oxygen atoms in total. The van der Waals surface area contributed by atoms with Gasteiger partial charge in [-0.25, -0.2) is 24.9 Å². The first kappa shape index (κ1) is 73.8. The average Bonchev–Trinajstić information content (AvgIpc) is 1.13. The summed E-state index contributed by atoms with van der Waals surface area (Å²) in [4.78, 5) is 51.8. The molecule has 483 valence electrons. The van der Waals surface area contributed by atoms with Gasteiger partial charge in [-0.3, -0.25) is 4.98 Å². The Morgan fingerprint density at radius 2 is 0.577 bits per heavy atom. The largest absolute Gasteiger partial charge is 0.305 e. The zero-order valence-electron chi connectivity index (χ0n) is 53.2. The molecule has 97 heavy (non-hydrogen) atoms. The van der Waals surface area contributed by atoms with Crippen molar-refractivity contribution in [2.24, 2.45) is 0 Å². The molecule has 0 aliphatic heterocycles. The molecule has 0 saturated heterocycles. The summed E-state index contributed by atoms with van der Waals surface area (Å²) in [5, 5.41) is 0. The van der Waals surface area contributed by atoms with E-state index >= 15 is 0 Å². The van der Waals surface area contributed by atoms with Gasteiger partial charge in [-0.05, 0) is 110 Å². The second kappa shape index (κ2) is 40.0. The normalized spacial score (nSPS) is 9.81. The van der Waals surface area contributed by atoms with Crippen LogP contribution in [0.15, 0.2) is 304 Å². The number of benzene rings is 6. The van der Waals surface area contributed by atoms with Gasteiger partial charge in [0.25, 0.3) is 0 Å². The topological polar surface area (TPSA) is 155 Å². The van der Waals surface area contributed by atoms with Gasteiger partial charge in [-0.1, -0.05) is 66.7 Å². The Hall–Kier alpha value is -10.6. The summed E-state index contributed by atoms with van der Waals surface area (Å²) in [6.45, 7) is 7.60. The number of nitrogens with zero attached hydrogens (tertiary/aromatic N) is 12. The van der Waals surface area contributed by atoms with E-state index in [0.29, 0.717) is 5.82 Å². The average molecular weight is 1790 g/mol. The molecule has 0 aliphatic rings. The van der Waals surface area contributed by atoms with Crippen LogP contribution in [0.5, 0.6) is 0 Å². The van der Waals surface area contributed by atoms with Crippen molar-refractivity contribution >= 4 is 0 Å². The maximum Gasteiger partial charge on any atom is 0.162 e. The zero-order valence-corrected chi connectivity index (χ0v) is 60.4. The fourth-order valence-corrected chi connectivity index (χ4v) is 9.05. The Labute approximate surface area is 608 Å². The van der Waals surface area contributed by atoms with Gasteiger partial charge >= 0.3 is 0 Å². The van der Waals surface area contributed by atoms with E-state index in [1.807, 2.05) is 301 Å².